The van der Waals surface area contributed by atoms with Gasteiger partial charge in [0, 0.05) is 32.6 Å². The van der Waals surface area contributed by atoms with Crippen LogP contribution in [0.2, 0.25) is 0 Å². The van der Waals surface area contributed by atoms with Gasteiger partial charge >= 0.3 is 0 Å². The zero-order valence-corrected chi connectivity index (χ0v) is 12.5. The van der Waals surface area contributed by atoms with Gasteiger partial charge in [-0.05, 0) is 37.6 Å². The number of hydrogen-bond donors (Lipinski definition) is 1. The fourth-order valence-electron chi connectivity index (χ4n) is 2.63. The second-order valence-electron chi connectivity index (χ2n) is 5.74. The van der Waals surface area contributed by atoms with Gasteiger partial charge in [0.1, 0.15) is 5.82 Å². The Morgan fingerprint density at radius 3 is 2.71 bits per heavy atom. The molecule has 1 unspecified atom stereocenters. The monoisotopic (exact) mass is 294 g/mol. The molecule has 0 saturated carbocycles. The normalized spacial score (nSPS) is 16.8. The molecule has 0 aromatic heterocycles. The molecule has 1 fully saturated rings. The second-order valence-corrected chi connectivity index (χ2v) is 5.74. The molecule has 0 aliphatic carbocycles. The first-order valence-electron chi connectivity index (χ1n) is 7.43. The molecule has 1 saturated heterocycles. The van der Waals surface area contributed by atoms with Gasteiger partial charge in [-0.2, -0.15) is 0 Å². The number of carbonyl (C=O) groups is 1. The van der Waals surface area contributed by atoms with Crippen molar-refractivity contribution in [3.63, 3.8) is 0 Å². The molecule has 1 amide bonds. The van der Waals surface area contributed by atoms with E-state index in [4.69, 9.17) is 0 Å². The van der Waals surface area contributed by atoms with Crippen LogP contribution in [0.15, 0.2) is 24.3 Å². The topological polar surface area (TPSA) is 43.8 Å². The van der Waals surface area contributed by atoms with E-state index in [0.29, 0.717) is 19.5 Å². The lowest BCUT2D eigenvalue weighted by Gasteiger charge is -2.24. The summed E-state index contributed by atoms with van der Waals surface area (Å²) < 4.78 is 12.8. The molecule has 0 bridgehead atoms. The summed E-state index contributed by atoms with van der Waals surface area (Å²) >= 11 is 0. The number of nitrogens with zero attached hydrogens (tertiary/aromatic N) is 2. The second kappa shape index (κ2) is 7.52. The summed E-state index contributed by atoms with van der Waals surface area (Å²) in [6.07, 6.45) is 1.79. The number of aliphatic hydroxyl groups excluding tert-OH is 1. The van der Waals surface area contributed by atoms with Crippen LogP contribution in [-0.4, -0.2) is 60.1 Å². The zero-order valence-electron chi connectivity index (χ0n) is 12.5. The molecule has 1 aromatic rings. The number of benzene rings is 1. The number of carbonyl (C=O) groups excluding carboxylic acids is 1. The van der Waals surface area contributed by atoms with Gasteiger partial charge in [-0.15, -0.1) is 0 Å². The standard InChI is InChI=1S/C16H23FN2O2/c1-18(10-8-13-4-6-14(17)7-5-13)11-15(20)12-19-9-2-3-16(19)21/h4-7,15,20H,2-3,8-12H2,1H3. The van der Waals surface area contributed by atoms with Crippen molar-refractivity contribution in [2.24, 2.45) is 0 Å². The van der Waals surface area contributed by atoms with Gasteiger partial charge in [0.15, 0.2) is 0 Å². The molecule has 2 rings (SSSR count). The molecular weight excluding hydrogens is 271 g/mol. The van der Waals surface area contributed by atoms with Crippen molar-refractivity contribution in [1.29, 1.82) is 0 Å². The summed E-state index contributed by atoms with van der Waals surface area (Å²) in [6.45, 7) is 2.50. The largest absolute Gasteiger partial charge is 0.390 e. The quantitative estimate of drug-likeness (QED) is 0.824. The number of halogens is 1. The Balaban J connectivity index is 1.69. The Morgan fingerprint density at radius 2 is 2.10 bits per heavy atom. The summed E-state index contributed by atoms with van der Waals surface area (Å²) in [4.78, 5) is 15.3. The van der Waals surface area contributed by atoms with E-state index in [1.165, 1.54) is 12.1 Å². The lowest BCUT2D eigenvalue weighted by atomic mass is 10.1. The van der Waals surface area contributed by atoms with Crippen LogP contribution in [0.1, 0.15) is 18.4 Å². The van der Waals surface area contributed by atoms with E-state index in [9.17, 15) is 14.3 Å². The maximum atomic E-state index is 12.8. The molecule has 21 heavy (non-hydrogen) atoms. The fraction of sp³-hybridized carbons (Fsp3) is 0.562. The van der Waals surface area contributed by atoms with E-state index in [1.54, 1.807) is 17.0 Å². The van der Waals surface area contributed by atoms with Crippen molar-refractivity contribution in [1.82, 2.24) is 9.80 Å². The lowest BCUT2D eigenvalue weighted by Crippen LogP contribution is -2.40. The highest BCUT2D eigenvalue weighted by molar-refractivity contribution is 5.78. The molecule has 0 radical (unpaired) electrons. The Hall–Kier alpha value is -1.46. The molecule has 1 aromatic carbocycles. The van der Waals surface area contributed by atoms with Gasteiger partial charge in [-0.1, -0.05) is 12.1 Å². The van der Waals surface area contributed by atoms with Crippen LogP contribution >= 0.6 is 0 Å². The molecule has 4 nitrogen and oxygen atoms in total. The number of amides is 1. The number of aliphatic hydroxyl groups is 1. The first-order valence-corrected chi connectivity index (χ1v) is 7.43. The van der Waals surface area contributed by atoms with E-state index in [2.05, 4.69) is 0 Å². The molecule has 1 N–H and O–H groups in total. The van der Waals surface area contributed by atoms with E-state index >= 15 is 0 Å². The average molecular weight is 294 g/mol. The Kier molecular flexibility index (Phi) is 5.70. The Labute approximate surface area is 125 Å². The Bertz CT molecular complexity index is 464. The third-order valence-electron chi connectivity index (χ3n) is 3.82. The third-order valence-corrected chi connectivity index (χ3v) is 3.82. The summed E-state index contributed by atoms with van der Waals surface area (Å²) in [6, 6.07) is 6.48. The van der Waals surface area contributed by atoms with E-state index in [0.717, 1.165) is 31.5 Å². The molecule has 5 heteroatoms. The number of β-amino-alcohol motifs (C(OH)–C–C–N with tert-alkyl or cyclic N) is 1. The van der Waals surface area contributed by atoms with Crippen LogP contribution in [0, 0.1) is 5.82 Å². The van der Waals surface area contributed by atoms with Crippen LogP contribution in [0.3, 0.4) is 0 Å². The minimum atomic E-state index is -0.523. The van der Waals surface area contributed by atoms with Gasteiger partial charge in [0.2, 0.25) is 5.91 Å². The molecule has 1 atom stereocenters. The number of rotatable bonds is 7. The van der Waals surface area contributed by atoms with Crippen molar-refractivity contribution in [3.05, 3.63) is 35.6 Å². The first kappa shape index (κ1) is 15.9. The summed E-state index contributed by atoms with van der Waals surface area (Å²) in [5, 5.41) is 10.0. The van der Waals surface area contributed by atoms with Crippen LogP contribution in [0.5, 0.6) is 0 Å². The van der Waals surface area contributed by atoms with Crippen LogP contribution in [0.4, 0.5) is 4.39 Å². The number of hydrogen-bond acceptors (Lipinski definition) is 3. The highest BCUT2D eigenvalue weighted by Gasteiger charge is 2.22. The van der Waals surface area contributed by atoms with Crippen molar-refractivity contribution >= 4 is 5.91 Å². The van der Waals surface area contributed by atoms with Crippen molar-refractivity contribution in [2.45, 2.75) is 25.4 Å². The van der Waals surface area contributed by atoms with Crippen molar-refractivity contribution in [2.75, 3.05) is 33.2 Å². The average Bonchev–Trinajstić information content (AvgIpc) is 2.83. The molecular formula is C16H23FN2O2. The lowest BCUT2D eigenvalue weighted by molar-refractivity contribution is -0.129. The first-order chi connectivity index (χ1) is 10.0. The third kappa shape index (κ3) is 5.10. The van der Waals surface area contributed by atoms with Crippen molar-refractivity contribution in [3.8, 4) is 0 Å². The smallest absolute Gasteiger partial charge is 0.222 e. The molecule has 116 valence electrons. The highest BCUT2D eigenvalue weighted by atomic mass is 19.1. The fourth-order valence-corrected chi connectivity index (χ4v) is 2.63. The van der Waals surface area contributed by atoms with Crippen LogP contribution in [0.25, 0.3) is 0 Å². The van der Waals surface area contributed by atoms with Crippen LogP contribution < -0.4 is 0 Å². The maximum Gasteiger partial charge on any atom is 0.222 e. The van der Waals surface area contributed by atoms with Crippen LogP contribution in [-0.2, 0) is 11.2 Å². The number of likely N-dealkylation sites (tertiary alicyclic amines) is 1. The highest BCUT2D eigenvalue weighted by Crippen LogP contribution is 2.10. The molecule has 0 spiro atoms. The Morgan fingerprint density at radius 1 is 1.38 bits per heavy atom. The zero-order chi connectivity index (χ0) is 15.2. The number of likely N-dealkylation sites (N-methyl/N-ethyl adjacent to an activating group) is 1. The van der Waals surface area contributed by atoms with Gasteiger partial charge in [0.25, 0.3) is 0 Å². The SMILES string of the molecule is CN(CCc1ccc(F)cc1)CC(O)CN1CCCC1=O. The minimum Gasteiger partial charge on any atom is -0.390 e. The molecule has 1 heterocycles. The van der Waals surface area contributed by atoms with E-state index in [1.807, 2.05) is 11.9 Å². The summed E-state index contributed by atoms with van der Waals surface area (Å²) in [5.74, 6) is -0.0826. The van der Waals surface area contributed by atoms with Gasteiger partial charge in [-0.3, -0.25) is 4.79 Å². The predicted octanol–water partition coefficient (Wildman–Crippen LogP) is 1.28. The maximum absolute atomic E-state index is 12.8. The molecule has 1 aliphatic heterocycles. The van der Waals surface area contributed by atoms with Gasteiger partial charge in [-0.25, -0.2) is 4.39 Å². The van der Waals surface area contributed by atoms with E-state index in [-0.39, 0.29) is 11.7 Å². The van der Waals surface area contributed by atoms with Crippen molar-refractivity contribution < 1.29 is 14.3 Å². The van der Waals surface area contributed by atoms with E-state index < -0.39 is 6.10 Å². The molecule has 1 aliphatic rings. The summed E-state index contributed by atoms with van der Waals surface area (Å²) in [7, 11) is 1.94. The predicted molar refractivity (Wildman–Crippen MR) is 79.4 cm³/mol. The van der Waals surface area contributed by atoms with Gasteiger partial charge < -0.3 is 14.9 Å². The minimum absolute atomic E-state index is 0.142. The summed E-state index contributed by atoms with van der Waals surface area (Å²) in [5.41, 5.74) is 1.08. The van der Waals surface area contributed by atoms with Gasteiger partial charge in [0.05, 0.1) is 6.10 Å².